The van der Waals surface area contributed by atoms with Crippen LogP contribution in [0.2, 0.25) is 0 Å². The van der Waals surface area contributed by atoms with E-state index in [4.69, 9.17) is 4.98 Å². The molecule has 0 bridgehead atoms. The molecule has 1 saturated heterocycles. The fourth-order valence-electron chi connectivity index (χ4n) is 5.02. The number of rotatable bonds is 3. The predicted molar refractivity (Wildman–Crippen MR) is 116 cm³/mol. The summed E-state index contributed by atoms with van der Waals surface area (Å²) in [5.74, 6) is 0.672. The first-order valence-corrected chi connectivity index (χ1v) is 10.6. The lowest BCUT2D eigenvalue weighted by Crippen LogP contribution is -2.42. The van der Waals surface area contributed by atoms with Gasteiger partial charge in [-0.3, -0.25) is 9.69 Å². The van der Waals surface area contributed by atoms with E-state index >= 15 is 0 Å². The summed E-state index contributed by atoms with van der Waals surface area (Å²) in [5.41, 5.74) is 4.69. The Morgan fingerprint density at radius 1 is 1.03 bits per heavy atom. The van der Waals surface area contributed by atoms with Crippen molar-refractivity contribution in [1.82, 2.24) is 14.9 Å². The molecule has 2 aliphatic rings. The number of nitriles is 1. The Balaban J connectivity index is 1.39. The van der Waals surface area contributed by atoms with Crippen LogP contribution in [0.3, 0.4) is 0 Å². The van der Waals surface area contributed by atoms with Crippen molar-refractivity contribution in [1.29, 1.82) is 5.26 Å². The third kappa shape index (κ3) is 3.24. The first kappa shape index (κ1) is 18.8. The molecule has 5 rings (SSSR count). The standard InChI is InChI=1S/C25H24N4O/c26-16-19-8-4-5-9-20(19)17-29-14-12-25(13-15-29)11-10-21-22(25)27-23(28-24(21)30)18-6-2-1-3-7-18/h1-9H,10-15,17H2,(H,27,28,30). The van der Waals surface area contributed by atoms with Crippen LogP contribution in [-0.4, -0.2) is 28.0 Å². The quantitative estimate of drug-likeness (QED) is 0.731. The van der Waals surface area contributed by atoms with Gasteiger partial charge in [0.15, 0.2) is 0 Å². The van der Waals surface area contributed by atoms with Gasteiger partial charge in [-0.2, -0.15) is 5.26 Å². The van der Waals surface area contributed by atoms with Crippen LogP contribution < -0.4 is 5.56 Å². The normalized spacial score (nSPS) is 17.6. The summed E-state index contributed by atoms with van der Waals surface area (Å²) in [4.78, 5) is 23.2. The molecule has 1 aromatic heterocycles. The first-order valence-electron chi connectivity index (χ1n) is 10.6. The third-order valence-electron chi connectivity index (χ3n) is 6.76. The Morgan fingerprint density at radius 2 is 1.77 bits per heavy atom. The van der Waals surface area contributed by atoms with Crippen molar-refractivity contribution in [2.45, 2.75) is 37.6 Å². The molecule has 30 heavy (non-hydrogen) atoms. The zero-order valence-electron chi connectivity index (χ0n) is 16.9. The number of nitrogens with one attached hydrogen (secondary N) is 1. The zero-order chi connectivity index (χ0) is 20.6. The molecule has 0 atom stereocenters. The van der Waals surface area contributed by atoms with E-state index in [1.165, 1.54) is 0 Å². The summed E-state index contributed by atoms with van der Waals surface area (Å²) in [6.07, 6.45) is 3.81. The summed E-state index contributed by atoms with van der Waals surface area (Å²) in [7, 11) is 0. The lowest BCUT2D eigenvalue weighted by molar-refractivity contribution is 0.150. The highest BCUT2D eigenvalue weighted by atomic mass is 16.1. The van der Waals surface area contributed by atoms with Gasteiger partial charge in [0.2, 0.25) is 0 Å². The number of H-pyrrole nitrogens is 1. The Hall–Kier alpha value is -3.23. The van der Waals surface area contributed by atoms with Gasteiger partial charge in [0.1, 0.15) is 5.82 Å². The molecule has 5 heteroatoms. The zero-order valence-corrected chi connectivity index (χ0v) is 16.9. The number of hydrogen-bond donors (Lipinski definition) is 1. The van der Waals surface area contributed by atoms with Gasteiger partial charge in [0.05, 0.1) is 17.3 Å². The number of aromatic nitrogens is 2. The number of benzene rings is 2. The topological polar surface area (TPSA) is 72.8 Å². The SMILES string of the molecule is N#Cc1ccccc1CN1CCC2(CCc3c2nc(-c2ccccc2)[nH]c3=O)CC1. The van der Waals surface area contributed by atoms with Crippen molar-refractivity contribution in [3.63, 3.8) is 0 Å². The average Bonchev–Trinajstić information content (AvgIpc) is 3.15. The minimum Gasteiger partial charge on any atom is -0.306 e. The second-order valence-corrected chi connectivity index (χ2v) is 8.43. The monoisotopic (exact) mass is 396 g/mol. The van der Waals surface area contributed by atoms with Crippen molar-refractivity contribution in [3.8, 4) is 17.5 Å². The highest BCUT2D eigenvalue weighted by Gasteiger charge is 2.44. The van der Waals surface area contributed by atoms with Crippen LogP contribution in [0.5, 0.6) is 0 Å². The van der Waals surface area contributed by atoms with E-state index in [2.05, 4.69) is 16.0 Å². The van der Waals surface area contributed by atoms with Gasteiger partial charge in [-0.25, -0.2) is 4.98 Å². The van der Waals surface area contributed by atoms with Gasteiger partial charge in [0, 0.05) is 23.1 Å². The summed E-state index contributed by atoms with van der Waals surface area (Å²) in [5, 5.41) is 9.36. The lowest BCUT2D eigenvalue weighted by Gasteiger charge is -2.39. The van der Waals surface area contributed by atoms with Crippen molar-refractivity contribution < 1.29 is 0 Å². The number of likely N-dealkylation sites (tertiary alicyclic amines) is 1. The molecule has 1 aliphatic heterocycles. The first-order chi connectivity index (χ1) is 14.7. The number of aromatic amines is 1. The molecule has 1 fully saturated rings. The Morgan fingerprint density at radius 3 is 2.53 bits per heavy atom. The molecule has 2 heterocycles. The molecule has 5 nitrogen and oxygen atoms in total. The van der Waals surface area contributed by atoms with Crippen LogP contribution in [0, 0.1) is 11.3 Å². The van der Waals surface area contributed by atoms with Gasteiger partial charge in [-0.05, 0) is 50.4 Å². The maximum atomic E-state index is 12.8. The summed E-state index contributed by atoms with van der Waals surface area (Å²) >= 11 is 0. The van der Waals surface area contributed by atoms with Gasteiger partial charge >= 0.3 is 0 Å². The number of fused-ring (bicyclic) bond motifs is 2. The maximum Gasteiger partial charge on any atom is 0.254 e. The molecule has 150 valence electrons. The van der Waals surface area contributed by atoms with E-state index in [0.29, 0.717) is 5.82 Å². The largest absolute Gasteiger partial charge is 0.306 e. The molecule has 3 aromatic rings. The summed E-state index contributed by atoms with van der Waals surface area (Å²) < 4.78 is 0. The highest BCUT2D eigenvalue weighted by molar-refractivity contribution is 5.55. The molecule has 1 N–H and O–H groups in total. The fraction of sp³-hybridized carbons (Fsp3) is 0.320. The van der Waals surface area contributed by atoms with Crippen molar-refractivity contribution in [3.05, 3.63) is 87.3 Å². The van der Waals surface area contributed by atoms with Crippen LogP contribution in [0.15, 0.2) is 59.4 Å². The number of nitrogens with zero attached hydrogens (tertiary/aromatic N) is 3. The molecule has 0 saturated carbocycles. The van der Waals surface area contributed by atoms with Crippen molar-refractivity contribution >= 4 is 0 Å². The van der Waals surface area contributed by atoms with Crippen molar-refractivity contribution in [2.24, 2.45) is 0 Å². The molecule has 0 radical (unpaired) electrons. The average molecular weight is 396 g/mol. The Bertz CT molecular complexity index is 1170. The van der Waals surface area contributed by atoms with E-state index in [1.807, 2.05) is 54.6 Å². The van der Waals surface area contributed by atoms with Gasteiger partial charge < -0.3 is 4.98 Å². The Labute approximate surface area is 176 Å². The number of hydrogen-bond acceptors (Lipinski definition) is 4. The maximum absolute atomic E-state index is 12.8. The molecular weight excluding hydrogens is 372 g/mol. The molecular formula is C25H24N4O. The van der Waals surface area contributed by atoms with Crippen LogP contribution >= 0.6 is 0 Å². The molecule has 2 aromatic carbocycles. The van der Waals surface area contributed by atoms with E-state index in [1.54, 1.807) is 0 Å². The van der Waals surface area contributed by atoms with Crippen LogP contribution in [0.1, 0.15) is 41.6 Å². The van der Waals surface area contributed by atoms with Crippen molar-refractivity contribution in [2.75, 3.05) is 13.1 Å². The van der Waals surface area contributed by atoms with Crippen LogP contribution in [0.25, 0.3) is 11.4 Å². The van der Waals surface area contributed by atoms with Gasteiger partial charge in [-0.15, -0.1) is 0 Å². The second kappa shape index (κ2) is 7.55. The van der Waals surface area contributed by atoms with E-state index < -0.39 is 0 Å². The number of piperidine rings is 1. The molecule has 0 amide bonds. The Kier molecular flexibility index (Phi) is 4.72. The van der Waals surface area contributed by atoms with E-state index in [-0.39, 0.29) is 11.0 Å². The van der Waals surface area contributed by atoms with Gasteiger partial charge in [-0.1, -0.05) is 48.5 Å². The fourth-order valence-corrected chi connectivity index (χ4v) is 5.02. The lowest BCUT2D eigenvalue weighted by atomic mass is 9.76. The predicted octanol–water partition coefficient (Wildman–Crippen LogP) is 3.79. The highest BCUT2D eigenvalue weighted by Crippen LogP contribution is 2.44. The summed E-state index contributed by atoms with van der Waals surface area (Å²) in [6.45, 7) is 2.70. The molecule has 1 spiro atoms. The van der Waals surface area contributed by atoms with E-state index in [9.17, 15) is 10.1 Å². The van der Waals surface area contributed by atoms with Crippen LogP contribution in [-0.2, 0) is 18.4 Å². The van der Waals surface area contributed by atoms with Gasteiger partial charge in [0.25, 0.3) is 5.56 Å². The molecule has 1 aliphatic carbocycles. The van der Waals surface area contributed by atoms with Crippen LogP contribution in [0.4, 0.5) is 0 Å². The minimum atomic E-state index is -0.00162. The minimum absolute atomic E-state index is 0.00162. The smallest absolute Gasteiger partial charge is 0.254 e. The third-order valence-corrected chi connectivity index (χ3v) is 6.76. The summed E-state index contributed by atoms with van der Waals surface area (Å²) in [6, 6.07) is 20.0. The molecule has 0 unspecified atom stereocenters. The van der Waals surface area contributed by atoms with E-state index in [0.717, 1.165) is 73.3 Å². The second-order valence-electron chi connectivity index (χ2n) is 8.43.